The van der Waals surface area contributed by atoms with Gasteiger partial charge in [0.25, 0.3) is 5.91 Å². The molecule has 1 aliphatic rings. The van der Waals surface area contributed by atoms with Crippen LogP contribution in [-0.4, -0.2) is 30.9 Å². The number of carbonyl (C=O) groups excluding carboxylic acids is 3. The Kier molecular flexibility index (Phi) is 5.25. The quantitative estimate of drug-likeness (QED) is 0.768. The zero-order valence-corrected chi connectivity index (χ0v) is 14.9. The van der Waals surface area contributed by atoms with E-state index >= 15 is 0 Å². The third-order valence-corrected chi connectivity index (χ3v) is 3.64. The molecule has 2 aromatic rings. The number of hydrogen-bond acceptors (Lipinski definition) is 5. The second kappa shape index (κ2) is 7.77. The van der Waals surface area contributed by atoms with Crippen molar-refractivity contribution in [3.63, 3.8) is 0 Å². The van der Waals surface area contributed by atoms with Crippen LogP contribution in [0.25, 0.3) is 0 Å². The first-order valence-electron chi connectivity index (χ1n) is 8.32. The molecule has 0 radical (unpaired) electrons. The van der Waals surface area contributed by atoms with Crippen LogP contribution in [0.5, 0.6) is 11.5 Å². The number of fused-ring (bicyclic) bond motifs is 1. The number of rotatable bonds is 4. The van der Waals surface area contributed by atoms with Crippen molar-refractivity contribution in [1.29, 1.82) is 0 Å². The zero-order valence-electron chi connectivity index (χ0n) is 14.9. The molecule has 0 unspecified atom stereocenters. The topological polar surface area (TPSA) is 106 Å². The van der Waals surface area contributed by atoms with Gasteiger partial charge in [0.1, 0.15) is 13.2 Å². The molecule has 3 amide bonds. The minimum absolute atomic E-state index is 0.278. The monoisotopic (exact) mass is 369 g/mol. The van der Waals surface area contributed by atoms with Gasteiger partial charge in [0.2, 0.25) is 11.8 Å². The molecule has 1 heterocycles. The molecule has 0 saturated heterocycles. The van der Waals surface area contributed by atoms with Crippen molar-refractivity contribution in [3.8, 4) is 11.5 Å². The van der Waals surface area contributed by atoms with Crippen LogP contribution in [-0.2, 0) is 9.59 Å². The van der Waals surface area contributed by atoms with E-state index < -0.39 is 5.91 Å². The van der Waals surface area contributed by atoms with E-state index in [9.17, 15) is 14.4 Å². The molecular formula is C19H19N3O5. The van der Waals surface area contributed by atoms with Crippen LogP contribution >= 0.6 is 0 Å². The van der Waals surface area contributed by atoms with Crippen molar-refractivity contribution in [3.05, 3.63) is 42.0 Å². The molecule has 3 N–H and O–H groups in total. The van der Waals surface area contributed by atoms with Crippen LogP contribution in [0.4, 0.5) is 17.1 Å². The van der Waals surface area contributed by atoms with Crippen LogP contribution in [0.2, 0.25) is 0 Å². The molecule has 2 aromatic carbocycles. The fraction of sp³-hybridized carbons (Fsp3) is 0.211. The fourth-order valence-corrected chi connectivity index (χ4v) is 2.63. The van der Waals surface area contributed by atoms with Gasteiger partial charge in [-0.25, -0.2) is 0 Å². The summed E-state index contributed by atoms with van der Waals surface area (Å²) in [5.74, 6) is 0.219. The average Bonchev–Trinajstić information content (AvgIpc) is 2.60. The number of hydrogen-bond donors (Lipinski definition) is 3. The second-order valence-electron chi connectivity index (χ2n) is 5.97. The minimum Gasteiger partial charge on any atom is -0.486 e. The molecule has 1 aliphatic heterocycles. The highest BCUT2D eigenvalue weighted by Gasteiger charge is 2.15. The lowest BCUT2D eigenvalue weighted by molar-refractivity contribution is -0.115. The SMILES string of the molecule is CC(=O)Nc1cc(NC(C)=O)cc(C(=O)Nc2ccc3c(c2)OCCO3)c1. The zero-order chi connectivity index (χ0) is 19.4. The summed E-state index contributed by atoms with van der Waals surface area (Å²) < 4.78 is 11.0. The normalized spacial score (nSPS) is 12.1. The summed E-state index contributed by atoms with van der Waals surface area (Å²) in [5.41, 5.74) is 1.62. The van der Waals surface area contributed by atoms with E-state index in [1.54, 1.807) is 24.3 Å². The van der Waals surface area contributed by atoms with Crippen molar-refractivity contribution in [2.75, 3.05) is 29.2 Å². The third kappa shape index (κ3) is 4.75. The van der Waals surface area contributed by atoms with E-state index in [0.29, 0.717) is 41.8 Å². The Morgan fingerprint density at radius 2 is 1.33 bits per heavy atom. The van der Waals surface area contributed by atoms with Crippen LogP contribution in [0, 0.1) is 0 Å². The summed E-state index contributed by atoms with van der Waals surface area (Å²) in [4.78, 5) is 35.3. The van der Waals surface area contributed by atoms with E-state index in [4.69, 9.17) is 9.47 Å². The maximum atomic E-state index is 12.6. The summed E-state index contributed by atoms with van der Waals surface area (Å²) in [5, 5.41) is 7.99. The predicted molar refractivity (Wildman–Crippen MR) is 100 cm³/mol. The number of carbonyl (C=O) groups is 3. The smallest absolute Gasteiger partial charge is 0.255 e. The van der Waals surface area contributed by atoms with E-state index in [1.807, 2.05) is 0 Å². The van der Waals surface area contributed by atoms with Gasteiger partial charge in [-0.05, 0) is 30.3 Å². The van der Waals surface area contributed by atoms with E-state index in [0.717, 1.165) is 0 Å². The van der Waals surface area contributed by atoms with Gasteiger partial charge in [-0.2, -0.15) is 0 Å². The molecule has 8 heteroatoms. The molecule has 27 heavy (non-hydrogen) atoms. The standard InChI is InChI=1S/C19H19N3O5/c1-11(23)20-15-7-13(8-16(9-15)21-12(2)24)19(25)22-14-3-4-17-18(10-14)27-6-5-26-17/h3-4,7-10H,5-6H2,1-2H3,(H,20,23)(H,21,24)(H,22,25). The summed E-state index contributed by atoms with van der Waals surface area (Å²) in [6, 6.07) is 9.74. The average molecular weight is 369 g/mol. The van der Waals surface area contributed by atoms with Crippen LogP contribution in [0.3, 0.4) is 0 Å². The molecule has 0 atom stereocenters. The van der Waals surface area contributed by atoms with Crippen LogP contribution in [0.1, 0.15) is 24.2 Å². The summed E-state index contributed by atoms with van der Waals surface area (Å²) in [7, 11) is 0. The lowest BCUT2D eigenvalue weighted by Gasteiger charge is -2.19. The summed E-state index contributed by atoms with van der Waals surface area (Å²) in [6.45, 7) is 3.66. The van der Waals surface area contributed by atoms with E-state index in [2.05, 4.69) is 16.0 Å². The lowest BCUT2D eigenvalue weighted by atomic mass is 10.1. The highest BCUT2D eigenvalue weighted by Crippen LogP contribution is 2.32. The first kappa shape index (κ1) is 18.2. The van der Waals surface area contributed by atoms with Crippen molar-refractivity contribution in [1.82, 2.24) is 0 Å². The van der Waals surface area contributed by atoms with Crippen molar-refractivity contribution in [2.24, 2.45) is 0 Å². The van der Waals surface area contributed by atoms with Gasteiger partial charge in [0, 0.05) is 42.5 Å². The number of benzene rings is 2. The van der Waals surface area contributed by atoms with Crippen molar-refractivity contribution >= 4 is 34.8 Å². The van der Waals surface area contributed by atoms with Gasteiger partial charge in [0.15, 0.2) is 11.5 Å². The summed E-state index contributed by atoms with van der Waals surface area (Å²) >= 11 is 0. The molecule has 0 aliphatic carbocycles. The molecule has 140 valence electrons. The second-order valence-corrected chi connectivity index (χ2v) is 5.97. The Labute approximate surface area is 155 Å². The number of anilines is 3. The molecule has 3 rings (SSSR count). The molecule has 0 aromatic heterocycles. The Hall–Kier alpha value is -3.55. The number of ether oxygens (including phenoxy) is 2. The highest BCUT2D eigenvalue weighted by molar-refractivity contribution is 6.06. The first-order valence-corrected chi connectivity index (χ1v) is 8.32. The molecule has 0 saturated carbocycles. The first-order chi connectivity index (χ1) is 12.9. The van der Waals surface area contributed by atoms with Crippen LogP contribution in [0.15, 0.2) is 36.4 Å². The lowest BCUT2D eigenvalue weighted by Crippen LogP contribution is -2.17. The Bertz CT molecular complexity index is 876. The van der Waals surface area contributed by atoms with Gasteiger partial charge in [-0.15, -0.1) is 0 Å². The number of nitrogens with one attached hydrogen (secondary N) is 3. The molecule has 0 spiro atoms. The van der Waals surface area contributed by atoms with E-state index in [1.165, 1.54) is 26.0 Å². The third-order valence-electron chi connectivity index (χ3n) is 3.64. The van der Waals surface area contributed by atoms with Crippen molar-refractivity contribution in [2.45, 2.75) is 13.8 Å². The number of amides is 3. The highest BCUT2D eigenvalue weighted by atomic mass is 16.6. The van der Waals surface area contributed by atoms with Crippen LogP contribution < -0.4 is 25.4 Å². The Morgan fingerprint density at radius 3 is 1.93 bits per heavy atom. The van der Waals surface area contributed by atoms with Gasteiger partial charge >= 0.3 is 0 Å². The maximum Gasteiger partial charge on any atom is 0.255 e. The van der Waals surface area contributed by atoms with E-state index in [-0.39, 0.29) is 17.4 Å². The molecule has 0 fully saturated rings. The van der Waals surface area contributed by atoms with Gasteiger partial charge in [0.05, 0.1) is 0 Å². The van der Waals surface area contributed by atoms with Crippen molar-refractivity contribution < 1.29 is 23.9 Å². The summed E-state index contributed by atoms with van der Waals surface area (Å²) in [6.07, 6.45) is 0. The predicted octanol–water partition coefficient (Wildman–Crippen LogP) is 2.63. The minimum atomic E-state index is -0.398. The molecular weight excluding hydrogens is 350 g/mol. The largest absolute Gasteiger partial charge is 0.486 e. The van der Waals surface area contributed by atoms with Gasteiger partial charge in [-0.1, -0.05) is 0 Å². The Morgan fingerprint density at radius 1 is 0.741 bits per heavy atom. The fourth-order valence-electron chi connectivity index (χ4n) is 2.63. The molecule has 8 nitrogen and oxygen atoms in total. The molecule has 0 bridgehead atoms. The maximum absolute atomic E-state index is 12.6. The Balaban J connectivity index is 1.84. The van der Waals surface area contributed by atoms with Gasteiger partial charge in [-0.3, -0.25) is 14.4 Å². The van der Waals surface area contributed by atoms with Gasteiger partial charge < -0.3 is 25.4 Å².